The second kappa shape index (κ2) is 7.62. The van der Waals surface area contributed by atoms with E-state index in [1.165, 1.54) is 17.1 Å². The maximum absolute atomic E-state index is 12.6. The Kier molecular flexibility index (Phi) is 4.83. The van der Waals surface area contributed by atoms with E-state index in [1.54, 1.807) is 24.3 Å². The van der Waals surface area contributed by atoms with E-state index >= 15 is 0 Å². The van der Waals surface area contributed by atoms with Crippen molar-refractivity contribution in [3.63, 3.8) is 0 Å². The number of pyridine rings is 1. The third kappa shape index (κ3) is 3.80. The predicted molar refractivity (Wildman–Crippen MR) is 97.8 cm³/mol. The largest absolute Gasteiger partial charge is 0.415 e. The number of amides is 1. The van der Waals surface area contributed by atoms with Crippen LogP contribution in [0, 0.1) is 0 Å². The van der Waals surface area contributed by atoms with Gasteiger partial charge < -0.3 is 15.9 Å². The number of nitrogens with two attached hydrogens (primary N) is 2. The highest BCUT2D eigenvalue weighted by Crippen LogP contribution is 2.23. The van der Waals surface area contributed by atoms with E-state index in [0.717, 1.165) is 5.56 Å². The molecule has 0 aliphatic rings. The maximum Gasteiger partial charge on any atom is 0.314 e. The van der Waals surface area contributed by atoms with E-state index in [-0.39, 0.29) is 29.6 Å². The van der Waals surface area contributed by atoms with Crippen LogP contribution in [0.5, 0.6) is 0 Å². The zero-order chi connectivity index (χ0) is 21.3. The molecule has 4 N–H and O–H groups in total. The van der Waals surface area contributed by atoms with Crippen molar-refractivity contribution < 1.29 is 18.0 Å². The van der Waals surface area contributed by atoms with Crippen LogP contribution >= 0.6 is 0 Å². The molecule has 3 aromatic heterocycles. The molecular weight excluding hydrogens is 400 g/mol. The first-order chi connectivity index (χ1) is 14.4. The van der Waals surface area contributed by atoms with Crippen LogP contribution in [-0.2, 0) is 6.54 Å². The maximum atomic E-state index is 12.6. The van der Waals surface area contributed by atoms with Crippen molar-refractivity contribution in [2.45, 2.75) is 13.0 Å². The SMILES string of the molecule is NC(=O)c1cc(-c2nnn(Cc3ccc(-c4nnc(C(F)F)o4)cc3)n2)cnc1N. The highest BCUT2D eigenvalue weighted by Gasteiger charge is 2.17. The van der Waals surface area contributed by atoms with Gasteiger partial charge in [-0.15, -0.1) is 20.4 Å². The summed E-state index contributed by atoms with van der Waals surface area (Å²) in [6, 6.07) is 8.22. The number of tetrazole rings is 1. The van der Waals surface area contributed by atoms with Gasteiger partial charge in [0.15, 0.2) is 0 Å². The Morgan fingerprint density at radius 3 is 2.57 bits per heavy atom. The Labute approximate surface area is 166 Å². The summed E-state index contributed by atoms with van der Waals surface area (Å²) in [5.41, 5.74) is 12.7. The zero-order valence-electron chi connectivity index (χ0n) is 15.1. The molecule has 0 radical (unpaired) electrons. The van der Waals surface area contributed by atoms with Crippen LogP contribution in [0.15, 0.2) is 40.9 Å². The number of hydrogen-bond acceptors (Lipinski definition) is 9. The molecule has 1 amide bonds. The number of carbonyl (C=O) groups is 1. The standard InChI is InChI=1S/C17H13F2N9O2/c18-12(19)17-25-24-16(30-17)9-3-1-8(2-4-9)7-28-26-15(23-27-28)10-5-11(14(21)29)13(20)22-6-10/h1-6,12H,7H2,(H2,20,22)(H2,21,29). The van der Waals surface area contributed by atoms with Gasteiger partial charge in [0.25, 0.3) is 11.8 Å². The molecule has 0 aliphatic heterocycles. The van der Waals surface area contributed by atoms with E-state index in [1.807, 2.05) is 0 Å². The fraction of sp³-hybridized carbons (Fsp3) is 0.118. The third-order valence-corrected chi connectivity index (χ3v) is 4.05. The number of anilines is 1. The first-order valence-corrected chi connectivity index (χ1v) is 8.45. The summed E-state index contributed by atoms with van der Waals surface area (Å²) in [6.45, 7) is 0.282. The summed E-state index contributed by atoms with van der Waals surface area (Å²) in [4.78, 5) is 16.7. The molecule has 0 atom stereocenters. The molecule has 0 unspecified atom stereocenters. The summed E-state index contributed by atoms with van der Waals surface area (Å²) >= 11 is 0. The molecular formula is C17H13F2N9O2. The number of nitrogens with zero attached hydrogens (tertiary/aromatic N) is 7. The molecule has 0 aliphatic carbocycles. The second-order valence-electron chi connectivity index (χ2n) is 6.11. The number of carbonyl (C=O) groups excluding carboxylic acids is 1. The molecule has 0 saturated heterocycles. The lowest BCUT2D eigenvalue weighted by molar-refractivity contribution is 0.100. The van der Waals surface area contributed by atoms with E-state index in [0.29, 0.717) is 11.1 Å². The van der Waals surface area contributed by atoms with Crippen LogP contribution in [0.25, 0.3) is 22.8 Å². The number of halogens is 2. The van der Waals surface area contributed by atoms with Crippen molar-refractivity contribution in [3.8, 4) is 22.8 Å². The van der Waals surface area contributed by atoms with Crippen LogP contribution in [0.4, 0.5) is 14.6 Å². The number of primary amides is 1. The average molecular weight is 413 g/mol. The van der Waals surface area contributed by atoms with Crippen molar-refractivity contribution >= 4 is 11.7 Å². The van der Waals surface area contributed by atoms with Gasteiger partial charge in [0.2, 0.25) is 11.7 Å². The molecule has 0 fully saturated rings. The van der Waals surface area contributed by atoms with Gasteiger partial charge >= 0.3 is 6.43 Å². The van der Waals surface area contributed by atoms with Gasteiger partial charge in [0, 0.05) is 17.3 Å². The van der Waals surface area contributed by atoms with Gasteiger partial charge in [0.1, 0.15) is 5.82 Å². The number of rotatable bonds is 6. The minimum Gasteiger partial charge on any atom is -0.415 e. The number of alkyl halides is 2. The number of benzene rings is 1. The van der Waals surface area contributed by atoms with Crippen LogP contribution < -0.4 is 11.5 Å². The van der Waals surface area contributed by atoms with Gasteiger partial charge in [0.05, 0.1) is 12.1 Å². The van der Waals surface area contributed by atoms with Gasteiger partial charge in [-0.05, 0) is 29.0 Å². The van der Waals surface area contributed by atoms with Crippen molar-refractivity contribution in [1.82, 2.24) is 35.4 Å². The molecule has 0 bridgehead atoms. The monoisotopic (exact) mass is 413 g/mol. The molecule has 1 aromatic carbocycles. The molecule has 4 aromatic rings. The zero-order valence-corrected chi connectivity index (χ0v) is 15.1. The predicted octanol–water partition coefficient (Wildman–Crippen LogP) is 1.45. The highest BCUT2D eigenvalue weighted by molar-refractivity contribution is 5.98. The Bertz CT molecular complexity index is 1200. The van der Waals surface area contributed by atoms with E-state index in [9.17, 15) is 13.6 Å². The lowest BCUT2D eigenvalue weighted by Crippen LogP contribution is -2.14. The van der Waals surface area contributed by atoms with Gasteiger partial charge in [-0.2, -0.15) is 13.6 Å². The fourth-order valence-corrected chi connectivity index (χ4v) is 2.58. The van der Waals surface area contributed by atoms with Crippen LogP contribution in [-0.4, -0.2) is 41.3 Å². The lowest BCUT2D eigenvalue weighted by Gasteiger charge is -2.02. The topological polar surface area (TPSA) is 165 Å². The summed E-state index contributed by atoms with van der Waals surface area (Å²) in [5.74, 6) is -1.19. The Morgan fingerprint density at radius 1 is 1.13 bits per heavy atom. The summed E-state index contributed by atoms with van der Waals surface area (Å²) in [7, 11) is 0. The van der Waals surface area contributed by atoms with E-state index in [2.05, 4.69) is 30.6 Å². The quantitative estimate of drug-likeness (QED) is 0.476. The third-order valence-electron chi connectivity index (χ3n) is 4.05. The molecule has 0 saturated carbocycles. The van der Waals surface area contributed by atoms with E-state index in [4.69, 9.17) is 15.9 Å². The number of nitrogen functional groups attached to an aromatic ring is 1. The lowest BCUT2D eigenvalue weighted by atomic mass is 10.1. The van der Waals surface area contributed by atoms with Crippen molar-refractivity contribution in [1.29, 1.82) is 0 Å². The number of hydrogen-bond donors (Lipinski definition) is 2. The first kappa shape index (κ1) is 19.0. The molecule has 0 spiro atoms. The number of aromatic nitrogens is 7. The van der Waals surface area contributed by atoms with Gasteiger partial charge in [-0.1, -0.05) is 12.1 Å². The fourth-order valence-electron chi connectivity index (χ4n) is 2.58. The minimum absolute atomic E-state index is 0.000812. The average Bonchev–Trinajstić information content (AvgIpc) is 3.39. The van der Waals surface area contributed by atoms with Crippen molar-refractivity contribution in [2.24, 2.45) is 5.73 Å². The minimum atomic E-state index is -2.83. The van der Waals surface area contributed by atoms with E-state index < -0.39 is 18.2 Å². The second-order valence-corrected chi connectivity index (χ2v) is 6.11. The van der Waals surface area contributed by atoms with Gasteiger partial charge in [-0.3, -0.25) is 4.79 Å². The highest BCUT2D eigenvalue weighted by atomic mass is 19.3. The van der Waals surface area contributed by atoms with Crippen LogP contribution in [0.2, 0.25) is 0 Å². The Balaban J connectivity index is 1.50. The first-order valence-electron chi connectivity index (χ1n) is 8.45. The van der Waals surface area contributed by atoms with Crippen molar-refractivity contribution in [2.75, 3.05) is 5.73 Å². The molecule has 30 heavy (non-hydrogen) atoms. The molecule has 4 rings (SSSR count). The molecule has 13 heteroatoms. The smallest absolute Gasteiger partial charge is 0.314 e. The van der Waals surface area contributed by atoms with Crippen LogP contribution in [0.1, 0.15) is 28.2 Å². The summed E-state index contributed by atoms with van der Waals surface area (Å²) in [6.07, 6.45) is -1.41. The van der Waals surface area contributed by atoms with Crippen molar-refractivity contribution in [3.05, 3.63) is 53.5 Å². The van der Waals surface area contributed by atoms with Crippen LogP contribution in [0.3, 0.4) is 0 Å². The van der Waals surface area contributed by atoms with Gasteiger partial charge in [-0.25, -0.2) is 4.98 Å². The Morgan fingerprint density at radius 2 is 1.90 bits per heavy atom. The molecule has 152 valence electrons. The molecule has 11 nitrogen and oxygen atoms in total. The molecule has 3 heterocycles. The Hall–Kier alpha value is -4.29. The summed E-state index contributed by atoms with van der Waals surface area (Å²) in [5, 5.41) is 19.0. The summed E-state index contributed by atoms with van der Waals surface area (Å²) < 4.78 is 30.0. The normalized spacial score (nSPS) is 11.2.